The lowest BCUT2D eigenvalue weighted by atomic mass is 10.1. The molecule has 0 heterocycles. The number of nitrogens with zero attached hydrogens (tertiary/aromatic N) is 1. The minimum atomic E-state index is 0.427. The Morgan fingerprint density at radius 1 is 0.929 bits per heavy atom. The Hall–Kier alpha value is -2.78. The van der Waals surface area contributed by atoms with Crippen LogP contribution in [0.4, 0.5) is 5.69 Å². The zero-order valence-electron chi connectivity index (χ0n) is 16.4. The average molecular weight is 394 g/mol. The highest BCUT2D eigenvalue weighted by Crippen LogP contribution is 2.37. The highest BCUT2D eigenvalue weighted by Gasteiger charge is 2.12. The highest BCUT2D eigenvalue weighted by molar-refractivity contribution is 6.32. The fraction of sp³-hybridized carbons (Fsp3) is 0.208. The summed E-state index contributed by atoms with van der Waals surface area (Å²) in [5.74, 6) is 1.17. The van der Waals surface area contributed by atoms with Crippen LogP contribution in [0.3, 0.4) is 0 Å². The molecule has 0 N–H and O–H groups in total. The van der Waals surface area contributed by atoms with Gasteiger partial charge in [0.25, 0.3) is 0 Å². The number of ether oxygens (including phenoxy) is 2. The maximum Gasteiger partial charge on any atom is 0.180 e. The van der Waals surface area contributed by atoms with Crippen molar-refractivity contribution in [1.29, 1.82) is 0 Å². The van der Waals surface area contributed by atoms with Gasteiger partial charge in [-0.25, -0.2) is 0 Å². The van der Waals surface area contributed by atoms with Crippen molar-refractivity contribution in [1.82, 2.24) is 0 Å². The van der Waals surface area contributed by atoms with Crippen molar-refractivity contribution < 1.29 is 9.47 Å². The zero-order chi connectivity index (χ0) is 19.9. The molecule has 3 aromatic carbocycles. The molecule has 0 saturated carbocycles. The average Bonchev–Trinajstić information content (AvgIpc) is 2.69. The summed E-state index contributed by atoms with van der Waals surface area (Å²) in [5, 5.41) is 0.503. The highest BCUT2D eigenvalue weighted by atomic mass is 35.5. The third kappa shape index (κ3) is 5.14. The summed E-state index contributed by atoms with van der Waals surface area (Å²) in [6, 6.07) is 19.8. The second kappa shape index (κ2) is 9.43. The number of rotatable bonds is 7. The van der Waals surface area contributed by atoms with Gasteiger partial charge < -0.3 is 9.47 Å². The van der Waals surface area contributed by atoms with Gasteiger partial charge in [0.1, 0.15) is 6.61 Å². The van der Waals surface area contributed by atoms with Crippen molar-refractivity contribution in [3.63, 3.8) is 0 Å². The van der Waals surface area contributed by atoms with Crippen LogP contribution in [0.1, 0.15) is 29.2 Å². The Balaban J connectivity index is 1.83. The van der Waals surface area contributed by atoms with E-state index in [1.54, 1.807) is 6.21 Å². The van der Waals surface area contributed by atoms with Crippen molar-refractivity contribution in [2.75, 3.05) is 6.61 Å². The number of aliphatic imine (C=N–C) groups is 1. The fourth-order valence-corrected chi connectivity index (χ4v) is 3.02. The molecular formula is C24H24ClNO2. The molecule has 3 rings (SSSR count). The standard InChI is InChI=1S/C24H24ClNO2/c1-4-27-23-14-20(15-26-21-11-10-17(2)18(3)12-21)13-22(25)24(23)28-16-19-8-6-5-7-9-19/h5-15H,4,16H2,1-3H3. The Kier molecular flexibility index (Phi) is 6.72. The molecule has 28 heavy (non-hydrogen) atoms. The Bertz CT molecular complexity index is 968. The van der Waals surface area contributed by atoms with E-state index in [2.05, 4.69) is 31.0 Å². The predicted molar refractivity (Wildman–Crippen MR) is 117 cm³/mol. The van der Waals surface area contributed by atoms with Crippen LogP contribution < -0.4 is 9.47 Å². The minimum Gasteiger partial charge on any atom is -0.490 e. The fourth-order valence-electron chi connectivity index (χ4n) is 2.75. The molecule has 0 aliphatic heterocycles. The number of halogens is 1. The number of hydrogen-bond acceptors (Lipinski definition) is 3. The Morgan fingerprint density at radius 2 is 1.71 bits per heavy atom. The molecule has 0 fully saturated rings. The molecule has 0 amide bonds. The molecule has 0 aromatic heterocycles. The van der Waals surface area contributed by atoms with Gasteiger partial charge in [0.15, 0.2) is 11.5 Å². The summed E-state index contributed by atoms with van der Waals surface area (Å²) in [7, 11) is 0. The van der Waals surface area contributed by atoms with Crippen molar-refractivity contribution in [2.45, 2.75) is 27.4 Å². The molecule has 0 saturated heterocycles. The second-order valence-electron chi connectivity index (χ2n) is 6.56. The second-order valence-corrected chi connectivity index (χ2v) is 6.97. The van der Waals surface area contributed by atoms with E-state index in [0.29, 0.717) is 29.7 Å². The van der Waals surface area contributed by atoms with Crippen LogP contribution in [0.15, 0.2) is 65.7 Å². The lowest BCUT2D eigenvalue weighted by Crippen LogP contribution is -2.01. The van der Waals surface area contributed by atoms with Crippen molar-refractivity contribution >= 4 is 23.5 Å². The summed E-state index contributed by atoms with van der Waals surface area (Å²) in [6.07, 6.45) is 1.79. The monoisotopic (exact) mass is 393 g/mol. The summed E-state index contributed by atoms with van der Waals surface area (Å²) in [4.78, 5) is 4.56. The smallest absolute Gasteiger partial charge is 0.180 e. The van der Waals surface area contributed by atoms with Crippen LogP contribution in [0.25, 0.3) is 0 Å². The van der Waals surface area contributed by atoms with Crippen LogP contribution >= 0.6 is 11.6 Å². The van der Waals surface area contributed by atoms with Gasteiger partial charge >= 0.3 is 0 Å². The molecule has 0 bridgehead atoms. The molecule has 4 heteroatoms. The summed E-state index contributed by atoms with van der Waals surface area (Å²) in [6.45, 7) is 7.06. The molecule has 3 nitrogen and oxygen atoms in total. The van der Waals surface area contributed by atoms with E-state index < -0.39 is 0 Å². The largest absolute Gasteiger partial charge is 0.490 e. The molecule has 0 atom stereocenters. The lowest BCUT2D eigenvalue weighted by Gasteiger charge is -2.14. The van der Waals surface area contributed by atoms with Gasteiger partial charge in [0.05, 0.1) is 17.3 Å². The third-order valence-corrected chi connectivity index (χ3v) is 4.69. The van der Waals surface area contributed by atoms with Crippen LogP contribution in [-0.2, 0) is 6.61 Å². The molecule has 0 radical (unpaired) electrons. The van der Waals surface area contributed by atoms with Crippen LogP contribution in [0.5, 0.6) is 11.5 Å². The summed E-state index contributed by atoms with van der Waals surface area (Å²) < 4.78 is 11.7. The van der Waals surface area contributed by atoms with E-state index >= 15 is 0 Å². The quantitative estimate of drug-likeness (QED) is 0.419. The normalized spacial score (nSPS) is 11.0. The van der Waals surface area contributed by atoms with Gasteiger partial charge in [-0.1, -0.05) is 48.0 Å². The van der Waals surface area contributed by atoms with Crippen molar-refractivity contribution in [3.05, 3.63) is 87.9 Å². The van der Waals surface area contributed by atoms with Crippen molar-refractivity contribution in [2.24, 2.45) is 4.99 Å². The van der Waals surface area contributed by atoms with Crippen molar-refractivity contribution in [3.8, 4) is 11.5 Å². The molecule has 144 valence electrons. The van der Waals surface area contributed by atoms with Gasteiger partial charge in [-0.15, -0.1) is 0 Å². The Labute approximate surface area is 171 Å². The van der Waals surface area contributed by atoms with Gasteiger partial charge in [-0.2, -0.15) is 0 Å². The van der Waals surface area contributed by atoms with Gasteiger partial charge in [-0.3, -0.25) is 4.99 Å². The predicted octanol–water partition coefficient (Wildman–Crippen LogP) is 6.69. The van der Waals surface area contributed by atoms with E-state index in [9.17, 15) is 0 Å². The third-order valence-electron chi connectivity index (χ3n) is 4.41. The van der Waals surface area contributed by atoms with E-state index in [4.69, 9.17) is 21.1 Å². The number of benzene rings is 3. The van der Waals surface area contributed by atoms with E-state index in [1.807, 2.05) is 55.5 Å². The number of hydrogen-bond donors (Lipinski definition) is 0. The van der Waals surface area contributed by atoms with E-state index in [0.717, 1.165) is 16.8 Å². The van der Waals surface area contributed by atoms with E-state index in [-0.39, 0.29) is 0 Å². The number of aryl methyl sites for hydroxylation is 2. The lowest BCUT2D eigenvalue weighted by molar-refractivity contribution is 0.269. The maximum atomic E-state index is 6.50. The first-order valence-corrected chi connectivity index (χ1v) is 9.69. The first kappa shape index (κ1) is 20.0. The van der Waals surface area contributed by atoms with E-state index in [1.165, 1.54) is 11.1 Å². The SMILES string of the molecule is CCOc1cc(C=Nc2ccc(C)c(C)c2)cc(Cl)c1OCc1ccccc1. The van der Waals surface area contributed by atoms with Gasteiger partial charge in [0, 0.05) is 6.21 Å². The van der Waals surface area contributed by atoms with Gasteiger partial charge in [-0.05, 0) is 67.3 Å². The zero-order valence-corrected chi connectivity index (χ0v) is 17.2. The van der Waals surface area contributed by atoms with Crippen LogP contribution in [0.2, 0.25) is 5.02 Å². The first-order chi connectivity index (χ1) is 13.6. The van der Waals surface area contributed by atoms with Crippen LogP contribution in [0, 0.1) is 13.8 Å². The summed E-state index contributed by atoms with van der Waals surface area (Å²) in [5.41, 5.74) is 5.30. The molecular weight excluding hydrogens is 370 g/mol. The van der Waals surface area contributed by atoms with Crippen LogP contribution in [-0.4, -0.2) is 12.8 Å². The maximum absolute atomic E-state index is 6.50. The van der Waals surface area contributed by atoms with Gasteiger partial charge in [0.2, 0.25) is 0 Å². The molecule has 0 aliphatic rings. The minimum absolute atomic E-state index is 0.427. The molecule has 0 spiro atoms. The Morgan fingerprint density at radius 3 is 2.43 bits per heavy atom. The summed E-state index contributed by atoms with van der Waals surface area (Å²) >= 11 is 6.50. The molecule has 0 unspecified atom stereocenters. The topological polar surface area (TPSA) is 30.8 Å². The molecule has 3 aromatic rings. The first-order valence-electron chi connectivity index (χ1n) is 9.31. The molecule has 0 aliphatic carbocycles.